The fourth-order valence-electron chi connectivity index (χ4n) is 8.63. The van der Waals surface area contributed by atoms with E-state index < -0.39 is 5.60 Å². The molecule has 176 valence electrons. The molecule has 3 fully saturated rings. The monoisotopic (exact) mass is 428 g/mol. The van der Waals surface area contributed by atoms with Crippen LogP contribution in [-0.2, 0) is 0 Å². The number of hydrogen-bond acceptors (Lipinski definition) is 2. The molecule has 8 atom stereocenters. The van der Waals surface area contributed by atoms with Crippen LogP contribution in [0.5, 0.6) is 0 Å². The Morgan fingerprint density at radius 1 is 1.10 bits per heavy atom. The van der Waals surface area contributed by atoms with Gasteiger partial charge in [-0.3, -0.25) is 0 Å². The summed E-state index contributed by atoms with van der Waals surface area (Å²) in [7, 11) is 0. The Morgan fingerprint density at radius 2 is 1.74 bits per heavy atom. The first-order valence-corrected chi connectivity index (χ1v) is 13.2. The molecule has 0 aromatic rings. The van der Waals surface area contributed by atoms with Gasteiger partial charge in [-0.1, -0.05) is 50.5 Å². The van der Waals surface area contributed by atoms with Gasteiger partial charge in [0.15, 0.2) is 0 Å². The molecule has 0 saturated heterocycles. The van der Waals surface area contributed by atoms with Crippen molar-refractivity contribution in [2.24, 2.45) is 40.4 Å². The van der Waals surface area contributed by atoms with Crippen LogP contribution in [0.2, 0.25) is 0 Å². The van der Waals surface area contributed by atoms with Gasteiger partial charge in [-0.15, -0.1) is 0 Å². The molecule has 2 heteroatoms. The molecule has 0 radical (unpaired) electrons. The summed E-state index contributed by atoms with van der Waals surface area (Å²) in [5, 5.41) is 20.7. The summed E-state index contributed by atoms with van der Waals surface area (Å²) in [5.41, 5.74) is 5.06. The maximum atomic E-state index is 10.5. The van der Waals surface area contributed by atoms with Gasteiger partial charge in [0.1, 0.15) is 0 Å². The summed E-state index contributed by atoms with van der Waals surface area (Å²) >= 11 is 0. The molecule has 0 aromatic heterocycles. The number of aliphatic hydroxyl groups excluding tert-OH is 1. The molecule has 4 rings (SSSR count). The van der Waals surface area contributed by atoms with E-state index in [0.717, 1.165) is 37.0 Å². The first-order valence-electron chi connectivity index (χ1n) is 13.2. The van der Waals surface area contributed by atoms with Crippen LogP contribution in [0.15, 0.2) is 22.8 Å². The molecule has 2 nitrogen and oxygen atoms in total. The van der Waals surface area contributed by atoms with E-state index in [1.165, 1.54) is 38.5 Å². The summed E-state index contributed by atoms with van der Waals surface area (Å²) < 4.78 is 0. The van der Waals surface area contributed by atoms with Crippen LogP contribution < -0.4 is 0 Å². The van der Waals surface area contributed by atoms with Crippen LogP contribution in [-0.4, -0.2) is 21.9 Å². The minimum atomic E-state index is -0.611. The van der Waals surface area contributed by atoms with E-state index in [1.54, 1.807) is 16.7 Å². The topological polar surface area (TPSA) is 40.5 Å². The third-order valence-corrected chi connectivity index (χ3v) is 11.0. The lowest BCUT2D eigenvalue weighted by Crippen LogP contribution is -2.49. The van der Waals surface area contributed by atoms with Gasteiger partial charge < -0.3 is 10.2 Å². The molecule has 31 heavy (non-hydrogen) atoms. The Balaban J connectivity index is 1.56. The highest BCUT2D eigenvalue weighted by Gasteiger charge is 2.57. The molecule has 0 amide bonds. The van der Waals surface area contributed by atoms with Gasteiger partial charge in [-0.2, -0.15) is 0 Å². The molecule has 2 N–H and O–H groups in total. The lowest BCUT2D eigenvalue weighted by Gasteiger charge is -2.57. The fourth-order valence-corrected chi connectivity index (χ4v) is 8.63. The van der Waals surface area contributed by atoms with Gasteiger partial charge in [-0.05, 0) is 119 Å². The lowest BCUT2D eigenvalue weighted by molar-refractivity contribution is -0.0271. The minimum absolute atomic E-state index is 0.110. The van der Waals surface area contributed by atoms with Crippen LogP contribution in [0.4, 0.5) is 0 Å². The minimum Gasteiger partial charge on any atom is -0.393 e. The highest BCUT2D eigenvalue weighted by atomic mass is 16.3. The van der Waals surface area contributed by atoms with Crippen LogP contribution in [0.1, 0.15) is 106 Å². The average Bonchev–Trinajstić information content (AvgIpc) is 3.04. The van der Waals surface area contributed by atoms with Crippen LogP contribution in [0.3, 0.4) is 0 Å². The molecular formula is C29H48O2. The second-order valence-electron chi connectivity index (χ2n) is 13.0. The van der Waals surface area contributed by atoms with Gasteiger partial charge in [0.25, 0.3) is 0 Å². The molecule has 0 bridgehead atoms. The zero-order valence-electron chi connectivity index (χ0n) is 21.3. The maximum Gasteiger partial charge on any atom is 0.0619 e. The SMILES string of the molecule is CC(CC(C)C(C)C(C)(C)O)=C1CCC2C3CC=C4CC(O)CCC4(C)C3CCC12C. The maximum absolute atomic E-state index is 10.5. The third-order valence-electron chi connectivity index (χ3n) is 11.0. The highest BCUT2D eigenvalue weighted by molar-refractivity contribution is 5.31. The second kappa shape index (κ2) is 8.01. The summed E-state index contributed by atoms with van der Waals surface area (Å²) in [6.45, 7) is 16.0. The van der Waals surface area contributed by atoms with Crippen LogP contribution in [0, 0.1) is 40.4 Å². The lowest BCUT2D eigenvalue weighted by atomic mass is 9.47. The Kier molecular flexibility index (Phi) is 6.09. The van der Waals surface area contributed by atoms with Crippen molar-refractivity contribution < 1.29 is 10.2 Å². The Morgan fingerprint density at radius 3 is 2.42 bits per heavy atom. The number of hydrogen-bond donors (Lipinski definition) is 2. The standard InChI is InChI=1S/C29H48O2/c1-18(20(3)27(4,5)31)16-19(2)24-10-11-25-23-9-8-21-17-22(30)12-14-28(21,6)26(23)13-15-29(24,25)7/h8,18,20,22-23,25-26,30-31H,9-17H2,1-7H3. The number of allylic oxidation sites excluding steroid dienone is 3. The molecule has 4 aliphatic carbocycles. The smallest absolute Gasteiger partial charge is 0.0619 e. The van der Waals surface area contributed by atoms with Crippen molar-refractivity contribution >= 4 is 0 Å². The van der Waals surface area contributed by atoms with Crippen LogP contribution >= 0.6 is 0 Å². The number of fused-ring (bicyclic) bond motifs is 5. The van der Waals surface area contributed by atoms with E-state index in [0.29, 0.717) is 22.7 Å². The first kappa shape index (κ1) is 23.6. The Labute approximate surface area is 191 Å². The van der Waals surface area contributed by atoms with E-state index >= 15 is 0 Å². The highest BCUT2D eigenvalue weighted by Crippen LogP contribution is 2.66. The summed E-state index contributed by atoms with van der Waals surface area (Å²) in [6.07, 6.45) is 13.2. The number of rotatable bonds is 4. The van der Waals surface area contributed by atoms with Crippen molar-refractivity contribution in [2.75, 3.05) is 0 Å². The van der Waals surface area contributed by atoms with Crippen molar-refractivity contribution in [3.8, 4) is 0 Å². The van der Waals surface area contributed by atoms with E-state index in [1.807, 2.05) is 13.8 Å². The van der Waals surface area contributed by atoms with Gasteiger partial charge >= 0.3 is 0 Å². The van der Waals surface area contributed by atoms with Crippen molar-refractivity contribution in [1.82, 2.24) is 0 Å². The predicted octanol–water partition coefficient (Wildman–Crippen LogP) is 7.06. The van der Waals surface area contributed by atoms with Gasteiger partial charge in [0.2, 0.25) is 0 Å². The van der Waals surface area contributed by atoms with Crippen LogP contribution in [0.25, 0.3) is 0 Å². The molecule has 0 aromatic carbocycles. The van der Waals surface area contributed by atoms with Crippen molar-refractivity contribution in [3.63, 3.8) is 0 Å². The molecule has 3 saturated carbocycles. The van der Waals surface area contributed by atoms with Crippen molar-refractivity contribution in [2.45, 2.75) is 118 Å². The zero-order valence-corrected chi connectivity index (χ0v) is 21.3. The summed E-state index contributed by atoms with van der Waals surface area (Å²) in [6, 6.07) is 0. The summed E-state index contributed by atoms with van der Waals surface area (Å²) in [5.74, 6) is 3.25. The summed E-state index contributed by atoms with van der Waals surface area (Å²) in [4.78, 5) is 0. The average molecular weight is 429 g/mol. The third kappa shape index (κ3) is 3.88. The van der Waals surface area contributed by atoms with E-state index in [-0.39, 0.29) is 6.10 Å². The van der Waals surface area contributed by atoms with Gasteiger partial charge in [-0.25, -0.2) is 0 Å². The molecule has 8 unspecified atom stereocenters. The Hall–Kier alpha value is -0.600. The predicted molar refractivity (Wildman–Crippen MR) is 130 cm³/mol. The normalized spacial score (nSPS) is 44.0. The largest absolute Gasteiger partial charge is 0.393 e. The van der Waals surface area contributed by atoms with Crippen molar-refractivity contribution in [1.29, 1.82) is 0 Å². The van der Waals surface area contributed by atoms with E-state index in [2.05, 4.69) is 40.7 Å². The van der Waals surface area contributed by atoms with Gasteiger partial charge in [0.05, 0.1) is 11.7 Å². The fraction of sp³-hybridized carbons (Fsp3) is 0.862. The molecule has 0 aliphatic heterocycles. The number of aliphatic hydroxyl groups is 2. The Bertz CT molecular complexity index is 755. The molecule has 0 heterocycles. The molecular weight excluding hydrogens is 380 g/mol. The zero-order chi connectivity index (χ0) is 22.8. The van der Waals surface area contributed by atoms with E-state index in [4.69, 9.17) is 0 Å². The first-order chi connectivity index (χ1) is 14.4. The second-order valence-corrected chi connectivity index (χ2v) is 13.0. The quantitative estimate of drug-likeness (QED) is 0.471. The molecule has 0 spiro atoms. The molecule has 4 aliphatic rings. The van der Waals surface area contributed by atoms with E-state index in [9.17, 15) is 10.2 Å². The van der Waals surface area contributed by atoms with Gasteiger partial charge in [0, 0.05) is 0 Å². The van der Waals surface area contributed by atoms with Crippen molar-refractivity contribution in [3.05, 3.63) is 22.8 Å².